The zero-order chi connectivity index (χ0) is 15.4. The van der Waals surface area contributed by atoms with Crippen molar-refractivity contribution in [3.05, 3.63) is 69.8 Å². The smallest absolute Gasteiger partial charge is 0.209 e. The van der Waals surface area contributed by atoms with E-state index in [1.54, 1.807) is 25.3 Å². The summed E-state index contributed by atoms with van der Waals surface area (Å²) in [6, 6.07) is 7.12. The van der Waals surface area contributed by atoms with Crippen LogP contribution >= 0.6 is 0 Å². The number of hydrogen-bond donors (Lipinski definition) is 1. The summed E-state index contributed by atoms with van der Waals surface area (Å²) in [6.07, 6.45) is 3.58. The van der Waals surface area contributed by atoms with E-state index in [1.165, 1.54) is 24.3 Å². The van der Waals surface area contributed by atoms with Crippen molar-refractivity contribution in [2.24, 2.45) is 0 Å². The van der Waals surface area contributed by atoms with Crippen molar-refractivity contribution in [2.45, 2.75) is 6.92 Å². The van der Waals surface area contributed by atoms with Crippen molar-refractivity contribution in [2.75, 3.05) is 7.11 Å². The van der Waals surface area contributed by atoms with Gasteiger partial charge in [0.2, 0.25) is 5.78 Å². The van der Waals surface area contributed by atoms with Gasteiger partial charge in [-0.3, -0.25) is 4.79 Å². The van der Waals surface area contributed by atoms with Crippen LogP contribution in [0.15, 0.2) is 42.2 Å². The summed E-state index contributed by atoms with van der Waals surface area (Å²) >= 11 is 0. The van der Waals surface area contributed by atoms with E-state index in [2.05, 4.69) is 11.6 Å². The van der Waals surface area contributed by atoms with Gasteiger partial charge in [0.25, 0.3) is 0 Å². The number of hydrogen-bond acceptors (Lipinski definition) is 2. The lowest BCUT2D eigenvalue weighted by atomic mass is 10.1. The summed E-state index contributed by atoms with van der Waals surface area (Å²) in [4.78, 5) is 15.3. The van der Waals surface area contributed by atoms with Gasteiger partial charge in [-0.1, -0.05) is 6.58 Å². The van der Waals surface area contributed by atoms with Crippen molar-refractivity contribution in [3.8, 4) is 0 Å². The molecule has 21 heavy (non-hydrogen) atoms. The number of methoxy groups -OCH3 is 1. The Labute approximate surface area is 122 Å². The van der Waals surface area contributed by atoms with Crippen LogP contribution in [-0.2, 0) is 4.74 Å². The molecule has 0 saturated carbocycles. The Balaban J connectivity index is 2.36. The summed E-state index contributed by atoms with van der Waals surface area (Å²) in [7, 11) is 1.59. The fraction of sp³-hybridized carbons (Fsp3) is 0.118. The topological polar surface area (TPSA) is 42.1 Å². The van der Waals surface area contributed by atoms with Gasteiger partial charge in [0.05, 0.1) is 18.6 Å². The molecule has 2 aromatic rings. The molecule has 0 unspecified atom stereocenters. The maximum atomic E-state index is 12.9. The molecule has 0 aliphatic heterocycles. The molecule has 0 aliphatic carbocycles. The number of allylic oxidation sites excluding steroid dienone is 2. The molecule has 0 fully saturated rings. The van der Waals surface area contributed by atoms with Crippen molar-refractivity contribution in [1.82, 2.24) is 4.98 Å². The van der Waals surface area contributed by atoms with Crippen LogP contribution in [0, 0.1) is 5.82 Å². The Morgan fingerprint density at radius 1 is 1.33 bits per heavy atom. The monoisotopic (exact) mass is 285 g/mol. The van der Waals surface area contributed by atoms with Gasteiger partial charge in [-0.15, -0.1) is 0 Å². The van der Waals surface area contributed by atoms with Crippen molar-refractivity contribution in [3.63, 3.8) is 0 Å². The van der Waals surface area contributed by atoms with Gasteiger partial charge in [-0.05, 0) is 54.6 Å². The number of nitrogens with one attached hydrogen (secondary N) is 1. The quantitative estimate of drug-likeness (QED) is 0.690. The molecule has 2 rings (SSSR count). The molecule has 0 saturated heterocycles. The molecular formula is C17H16FNO2. The standard InChI is InChI=1S/C17H16FNO2/c1-11-10-16(19-15(11)9-4-12(2)21-3)17(20)13-5-7-14(18)8-6-13/h4-10,19H,1H2,2-3H3/b12-4+,15-9+. The minimum atomic E-state index is -0.370. The molecular weight excluding hydrogens is 269 g/mol. The van der Waals surface area contributed by atoms with Crippen molar-refractivity contribution >= 4 is 18.4 Å². The van der Waals surface area contributed by atoms with Crippen LogP contribution in [0.5, 0.6) is 0 Å². The minimum absolute atomic E-state index is 0.202. The van der Waals surface area contributed by atoms with E-state index in [9.17, 15) is 9.18 Å². The highest BCUT2D eigenvalue weighted by atomic mass is 19.1. The molecule has 0 spiro atoms. The zero-order valence-electron chi connectivity index (χ0n) is 11.9. The van der Waals surface area contributed by atoms with E-state index in [0.29, 0.717) is 16.5 Å². The molecule has 0 bridgehead atoms. The fourth-order valence-electron chi connectivity index (χ4n) is 1.81. The van der Waals surface area contributed by atoms with Crippen LogP contribution in [0.1, 0.15) is 23.0 Å². The van der Waals surface area contributed by atoms with Crippen LogP contribution in [0.25, 0.3) is 12.7 Å². The van der Waals surface area contributed by atoms with Gasteiger partial charge in [0, 0.05) is 10.9 Å². The molecule has 0 atom stereocenters. The Morgan fingerprint density at radius 3 is 2.62 bits per heavy atom. The number of carbonyl (C=O) groups excluding carboxylic acids is 1. The van der Waals surface area contributed by atoms with Gasteiger partial charge in [-0.2, -0.15) is 0 Å². The number of halogens is 1. The summed E-state index contributed by atoms with van der Waals surface area (Å²) < 4.78 is 17.9. The van der Waals surface area contributed by atoms with Crippen LogP contribution in [0.4, 0.5) is 4.39 Å². The highest BCUT2D eigenvalue weighted by Crippen LogP contribution is 2.07. The number of rotatable bonds is 4. The SMILES string of the molecule is C=c1cc(C(=O)c2ccc(F)cc2)[nH]/c1=C/C=C(\C)OC. The first-order valence-electron chi connectivity index (χ1n) is 6.42. The molecule has 108 valence electrons. The van der Waals surface area contributed by atoms with E-state index >= 15 is 0 Å². The average Bonchev–Trinajstić information content (AvgIpc) is 2.86. The third-order valence-corrected chi connectivity index (χ3v) is 3.09. The number of ketones is 1. The number of aromatic nitrogens is 1. The number of aromatic amines is 1. The lowest BCUT2D eigenvalue weighted by Crippen LogP contribution is -2.19. The molecule has 0 aliphatic rings. The lowest BCUT2D eigenvalue weighted by Gasteiger charge is -1.97. The third-order valence-electron chi connectivity index (χ3n) is 3.09. The summed E-state index contributed by atoms with van der Waals surface area (Å²) in [6.45, 7) is 5.72. The van der Waals surface area contributed by atoms with Gasteiger partial charge >= 0.3 is 0 Å². The van der Waals surface area contributed by atoms with Crippen LogP contribution in [-0.4, -0.2) is 17.9 Å². The predicted octanol–water partition coefficient (Wildman–Crippen LogP) is 2.13. The van der Waals surface area contributed by atoms with E-state index in [1.807, 2.05) is 6.92 Å². The first-order valence-corrected chi connectivity index (χ1v) is 6.42. The van der Waals surface area contributed by atoms with Crippen LogP contribution in [0.2, 0.25) is 0 Å². The lowest BCUT2D eigenvalue weighted by molar-refractivity contribution is 0.103. The predicted molar refractivity (Wildman–Crippen MR) is 80.6 cm³/mol. The Kier molecular flexibility index (Phi) is 4.38. The second-order valence-electron chi connectivity index (χ2n) is 4.61. The normalized spacial score (nSPS) is 12.5. The second-order valence-corrected chi connectivity index (χ2v) is 4.61. The minimum Gasteiger partial charge on any atom is -0.501 e. The summed E-state index contributed by atoms with van der Waals surface area (Å²) in [5.74, 6) is 0.174. The first kappa shape index (κ1) is 14.8. The maximum Gasteiger partial charge on any atom is 0.209 e. The molecule has 1 aromatic carbocycles. The van der Waals surface area contributed by atoms with Crippen LogP contribution in [0.3, 0.4) is 0 Å². The number of benzene rings is 1. The van der Waals surface area contributed by atoms with Crippen molar-refractivity contribution < 1.29 is 13.9 Å². The number of H-pyrrole nitrogens is 1. The Hall–Kier alpha value is -2.62. The van der Waals surface area contributed by atoms with Gasteiger partial charge in [0.1, 0.15) is 5.82 Å². The zero-order valence-corrected chi connectivity index (χ0v) is 11.9. The fourth-order valence-corrected chi connectivity index (χ4v) is 1.81. The average molecular weight is 285 g/mol. The van der Waals surface area contributed by atoms with E-state index in [4.69, 9.17) is 4.74 Å². The van der Waals surface area contributed by atoms with E-state index in [0.717, 1.165) is 11.1 Å². The highest BCUT2D eigenvalue weighted by Gasteiger charge is 2.10. The van der Waals surface area contributed by atoms with Crippen LogP contribution < -0.4 is 10.6 Å². The summed E-state index contributed by atoms with van der Waals surface area (Å²) in [5, 5.41) is 1.44. The van der Waals surface area contributed by atoms with Crippen molar-refractivity contribution in [1.29, 1.82) is 0 Å². The number of carbonyl (C=O) groups is 1. The Morgan fingerprint density at radius 2 is 2.00 bits per heavy atom. The third kappa shape index (κ3) is 3.48. The molecule has 3 nitrogen and oxygen atoms in total. The van der Waals surface area contributed by atoms with E-state index in [-0.39, 0.29) is 11.6 Å². The highest BCUT2D eigenvalue weighted by molar-refractivity contribution is 6.07. The number of ether oxygens (including phenoxy) is 1. The maximum absolute atomic E-state index is 12.9. The molecule has 4 heteroatoms. The first-order chi connectivity index (χ1) is 10.0. The van der Waals surface area contributed by atoms with E-state index < -0.39 is 0 Å². The summed E-state index contributed by atoms with van der Waals surface area (Å²) in [5.41, 5.74) is 0.842. The largest absolute Gasteiger partial charge is 0.501 e. The molecule has 1 heterocycles. The molecule has 1 aromatic heterocycles. The second kappa shape index (κ2) is 6.22. The molecule has 1 N–H and O–H groups in total. The van der Waals surface area contributed by atoms with Gasteiger partial charge < -0.3 is 9.72 Å². The molecule has 0 radical (unpaired) electrons. The van der Waals surface area contributed by atoms with Gasteiger partial charge in [0.15, 0.2) is 0 Å². The molecule has 0 amide bonds. The Bertz CT molecular complexity index is 785. The van der Waals surface area contributed by atoms with Gasteiger partial charge in [-0.25, -0.2) is 4.39 Å².